The molecule has 3 rings (SSSR count). The zero-order chi connectivity index (χ0) is 22.4. The molecular formula is C23H25N3O5. The van der Waals surface area contributed by atoms with Crippen molar-refractivity contribution < 1.29 is 24.3 Å². The van der Waals surface area contributed by atoms with Gasteiger partial charge in [-0.15, -0.1) is 0 Å². The molecule has 1 aliphatic rings. The van der Waals surface area contributed by atoms with E-state index in [-0.39, 0.29) is 11.5 Å². The fourth-order valence-electron chi connectivity index (χ4n) is 3.75. The number of rotatable bonds is 5. The molecule has 8 nitrogen and oxygen atoms in total. The summed E-state index contributed by atoms with van der Waals surface area (Å²) in [6.07, 6.45) is 2.50. The first-order valence-corrected chi connectivity index (χ1v) is 10.2. The molecule has 1 saturated carbocycles. The maximum Gasteiger partial charge on any atom is 0.307 e. The van der Waals surface area contributed by atoms with Crippen LogP contribution < -0.4 is 16.2 Å². The highest BCUT2D eigenvalue weighted by Gasteiger charge is 2.35. The third kappa shape index (κ3) is 5.48. The molecule has 0 saturated heterocycles. The molecule has 162 valence electrons. The first-order chi connectivity index (χ1) is 14.9. The summed E-state index contributed by atoms with van der Waals surface area (Å²) >= 11 is 0. The Balaban J connectivity index is 1.55. The molecule has 31 heavy (non-hydrogen) atoms. The first-order valence-electron chi connectivity index (χ1n) is 10.2. The van der Waals surface area contributed by atoms with E-state index in [1.54, 1.807) is 24.3 Å². The lowest BCUT2D eigenvalue weighted by Crippen LogP contribution is -2.47. The minimum atomic E-state index is -0.991. The van der Waals surface area contributed by atoms with Crippen LogP contribution in [0.3, 0.4) is 0 Å². The van der Waals surface area contributed by atoms with Crippen molar-refractivity contribution >= 4 is 29.4 Å². The normalized spacial score (nSPS) is 18.0. The number of benzene rings is 2. The monoisotopic (exact) mass is 423 g/mol. The van der Waals surface area contributed by atoms with Gasteiger partial charge in [-0.05, 0) is 55.7 Å². The lowest BCUT2D eigenvalue weighted by Gasteiger charge is -2.27. The number of anilines is 1. The number of carbonyl (C=O) groups excluding carboxylic acids is 3. The number of hydrogen-bond donors (Lipinski definition) is 4. The van der Waals surface area contributed by atoms with E-state index >= 15 is 0 Å². The third-order valence-electron chi connectivity index (χ3n) is 5.51. The van der Waals surface area contributed by atoms with Crippen LogP contribution in [0.15, 0.2) is 48.5 Å². The van der Waals surface area contributed by atoms with Crippen LogP contribution in [0.25, 0.3) is 0 Å². The van der Waals surface area contributed by atoms with Crippen molar-refractivity contribution in [2.24, 2.45) is 11.8 Å². The fraction of sp³-hybridized carbons (Fsp3) is 0.304. The van der Waals surface area contributed by atoms with Crippen LogP contribution >= 0.6 is 0 Å². The number of aryl methyl sites for hydroxylation is 1. The average Bonchev–Trinajstić information content (AvgIpc) is 2.78. The van der Waals surface area contributed by atoms with E-state index in [1.807, 2.05) is 19.1 Å². The number of aliphatic carboxylic acids is 1. The molecule has 0 heterocycles. The molecule has 0 aromatic heterocycles. The number of hydrazine groups is 1. The Labute approximate surface area is 180 Å². The second-order valence-electron chi connectivity index (χ2n) is 7.63. The summed E-state index contributed by atoms with van der Waals surface area (Å²) in [6.45, 7) is 1.85. The molecule has 1 aliphatic carbocycles. The number of nitrogens with one attached hydrogen (secondary N) is 3. The van der Waals surface area contributed by atoms with Crippen LogP contribution in [0.4, 0.5) is 5.69 Å². The largest absolute Gasteiger partial charge is 0.481 e. The summed E-state index contributed by atoms with van der Waals surface area (Å²) in [6, 6.07) is 13.5. The molecular weight excluding hydrogens is 398 g/mol. The van der Waals surface area contributed by atoms with Crippen molar-refractivity contribution in [1.29, 1.82) is 0 Å². The zero-order valence-electron chi connectivity index (χ0n) is 17.2. The smallest absolute Gasteiger partial charge is 0.307 e. The summed E-state index contributed by atoms with van der Waals surface area (Å²) in [7, 11) is 0. The van der Waals surface area contributed by atoms with Gasteiger partial charge in [0.05, 0.1) is 11.8 Å². The van der Waals surface area contributed by atoms with Crippen LogP contribution in [-0.4, -0.2) is 28.8 Å². The highest BCUT2D eigenvalue weighted by atomic mass is 16.4. The average molecular weight is 423 g/mol. The number of hydrogen-bond acceptors (Lipinski definition) is 4. The van der Waals surface area contributed by atoms with Crippen molar-refractivity contribution in [2.75, 3.05) is 5.32 Å². The molecule has 1 fully saturated rings. The van der Waals surface area contributed by atoms with Gasteiger partial charge >= 0.3 is 5.97 Å². The Morgan fingerprint density at radius 1 is 0.839 bits per heavy atom. The summed E-state index contributed by atoms with van der Waals surface area (Å²) in [5.41, 5.74) is 6.90. The number of carboxylic acids is 1. The van der Waals surface area contributed by atoms with E-state index in [9.17, 15) is 24.3 Å². The summed E-state index contributed by atoms with van der Waals surface area (Å²) < 4.78 is 0. The van der Waals surface area contributed by atoms with Gasteiger partial charge < -0.3 is 10.4 Å². The van der Waals surface area contributed by atoms with Gasteiger partial charge in [0.25, 0.3) is 11.8 Å². The second-order valence-corrected chi connectivity index (χ2v) is 7.63. The Hall–Kier alpha value is -3.68. The Morgan fingerprint density at radius 2 is 1.48 bits per heavy atom. The van der Waals surface area contributed by atoms with Gasteiger partial charge in [-0.3, -0.25) is 30.0 Å². The zero-order valence-corrected chi connectivity index (χ0v) is 17.2. The van der Waals surface area contributed by atoms with Gasteiger partial charge in [-0.1, -0.05) is 31.0 Å². The Kier molecular flexibility index (Phi) is 7.02. The number of carboxylic acid groups (broad SMARTS) is 1. The van der Waals surface area contributed by atoms with Crippen molar-refractivity contribution in [3.8, 4) is 0 Å². The van der Waals surface area contributed by atoms with E-state index in [4.69, 9.17) is 0 Å². The fourth-order valence-corrected chi connectivity index (χ4v) is 3.75. The number of carbonyl (C=O) groups is 4. The van der Waals surface area contributed by atoms with Crippen LogP contribution in [0, 0.1) is 18.8 Å². The molecule has 8 heteroatoms. The molecule has 0 spiro atoms. The lowest BCUT2D eigenvalue weighted by molar-refractivity contribution is -0.149. The predicted octanol–water partition coefficient (Wildman–Crippen LogP) is 2.90. The maximum atomic E-state index is 12.4. The van der Waals surface area contributed by atoms with Crippen LogP contribution in [0.2, 0.25) is 0 Å². The molecule has 4 N–H and O–H groups in total. The third-order valence-corrected chi connectivity index (χ3v) is 5.51. The minimum absolute atomic E-state index is 0.247. The Morgan fingerprint density at radius 3 is 2.13 bits per heavy atom. The van der Waals surface area contributed by atoms with E-state index in [0.717, 1.165) is 18.4 Å². The first kappa shape index (κ1) is 22.0. The summed E-state index contributed by atoms with van der Waals surface area (Å²) in [5.74, 6) is -3.67. The van der Waals surface area contributed by atoms with Crippen molar-refractivity contribution in [2.45, 2.75) is 32.6 Å². The molecule has 2 aromatic carbocycles. The topological polar surface area (TPSA) is 125 Å². The SMILES string of the molecule is Cc1ccccc1C(=O)Nc1ccc(C(=O)NNC(=O)[C@@H]2CCCC[C@@H]2C(=O)O)cc1. The molecule has 0 aliphatic heterocycles. The summed E-state index contributed by atoms with van der Waals surface area (Å²) in [4.78, 5) is 48.4. The van der Waals surface area contributed by atoms with Gasteiger partial charge in [0.1, 0.15) is 0 Å². The molecule has 3 amide bonds. The van der Waals surface area contributed by atoms with E-state index in [2.05, 4.69) is 16.2 Å². The van der Waals surface area contributed by atoms with Crippen LogP contribution in [-0.2, 0) is 9.59 Å². The molecule has 0 bridgehead atoms. The van der Waals surface area contributed by atoms with E-state index in [0.29, 0.717) is 24.1 Å². The molecule has 2 aromatic rings. The second kappa shape index (κ2) is 9.88. The van der Waals surface area contributed by atoms with Crippen molar-refractivity contribution in [3.63, 3.8) is 0 Å². The standard InChI is InChI=1S/C23H25N3O5/c1-14-6-2-3-7-17(14)21(28)24-16-12-10-15(11-13-16)20(27)25-26-22(29)18-8-4-5-9-19(18)23(30)31/h2-3,6-7,10-13,18-19H,4-5,8-9H2,1H3,(H,24,28)(H,25,27)(H,26,29)(H,30,31)/t18-,19+/m1/s1. The molecule has 0 radical (unpaired) electrons. The number of amides is 3. The Bertz CT molecular complexity index is 987. The quantitative estimate of drug-likeness (QED) is 0.551. The highest BCUT2D eigenvalue weighted by molar-refractivity contribution is 6.05. The summed E-state index contributed by atoms with van der Waals surface area (Å²) in [5, 5.41) is 12.1. The van der Waals surface area contributed by atoms with Crippen LogP contribution in [0.1, 0.15) is 52.0 Å². The van der Waals surface area contributed by atoms with Crippen LogP contribution in [0.5, 0.6) is 0 Å². The van der Waals surface area contributed by atoms with Crippen molar-refractivity contribution in [1.82, 2.24) is 10.9 Å². The molecule has 0 unspecified atom stereocenters. The minimum Gasteiger partial charge on any atom is -0.481 e. The lowest BCUT2D eigenvalue weighted by atomic mass is 9.79. The predicted molar refractivity (Wildman–Crippen MR) is 114 cm³/mol. The van der Waals surface area contributed by atoms with E-state index < -0.39 is 29.6 Å². The van der Waals surface area contributed by atoms with Gasteiger partial charge in [0.2, 0.25) is 5.91 Å². The highest BCUT2D eigenvalue weighted by Crippen LogP contribution is 2.30. The van der Waals surface area contributed by atoms with Gasteiger partial charge in [0, 0.05) is 16.8 Å². The van der Waals surface area contributed by atoms with Gasteiger partial charge in [0.15, 0.2) is 0 Å². The van der Waals surface area contributed by atoms with E-state index in [1.165, 1.54) is 12.1 Å². The molecule has 2 atom stereocenters. The maximum absolute atomic E-state index is 12.4. The van der Waals surface area contributed by atoms with Gasteiger partial charge in [-0.25, -0.2) is 0 Å². The van der Waals surface area contributed by atoms with Gasteiger partial charge in [-0.2, -0.15) is 0 Å². The van der Waals surface area contributed by atoms with Crippen molar-refractivity contribution in [3.05, 3.63) is 65.2 Å².